The normalized spacial score (nSPS) is 13.3. The molecule has 14 rings (SSSR count). The van der Waals surface area contributed by atoms with Crippen molar-refractivity contribution in [1.29, 1.82) is 0 Å². The minimum Gasteiger partial charge on any atom is -0.462 e. The minimum atomic E-state index is -0.558. The largest absolute Gasteiger partial charge is 0.462 e. The van der Waals surface area contributed by atoms with Crippen molar-refractivity contribution in [1.82, 2.24) is 0 Å². The summed E-state index contributed by atoms with van der Waals surface area (Å²) < 4.78 is 36.4. The number of hydrogen-bond donors (Lipinski definition) is 0. The lowest BCUT2D eigenvalue weighted by molar-refractivity contribution is 0.0491. The first kappa shape index (κ1) is 86.6. The predicted octanol–water partition coefficient (Wildman–Crippen LogP) is 37.1. The molecular weight excluding hydrogens is 1640 g/mol. The Kier molecular flexibility index (Phi) is 30.7. The fourth-order valence-corrected chi connectivity index (χ4v) is 32.3. The molecule has 0 radical (unpaired) electrons. The number of halogens is 1. The maximum absolute atomic E-state index is 17.1. The van der Waals surface area contributed by atoms with E-state index in [2.05, 4.69) is 155 Å². The third-order valence-corrected chi connectivity index (χ3v) is 38.3. The van der Waals surface area contributed by atoms with Crippen LogP contribution in [-0.4, -0.2) is 25.2 Å². The molecule has 0 fully saturated rings. The van der Waals surface area contributed by atoms with Gasteiger partial charge in [0, 0.05) is 137 Å². The highest BCUT2D eigenvalue weighted by molar-refractivity contribution is 7.36. The Balaban J connectivity index is 0.990. The van der Waals surface area contributed by atoms with Crippen LogP contribution in [0.1, 0.15) is 285 Å². The lowest BCUT2D eigenvalue weighted by Crippen LogP contribution is -2.06. The second-order valence-electron chi connectivity index (χ2n) is 32.4. The number of ether oxygens (including phenoxy) is 2. The number of hydrogen-bond acceptors (Lipinski definition) is 16. The van der Waals surface area contributed by atoms with E-state index in [4.69, 9.17) is 9.47 Å². The minimum absolute atomic E-state index is 0.0740. The lowest BCUT2D eigenvalue weighted by Gasteiger charge is -2.13. The third-order valence-electron chi connectivity index (χ3n) is 23.9. The molecule has 17 heteroatoms. The van der Waals surface area contributed by atoms with Gasteiger partial charge >= 0.3 is 11.9 Å². The number of fused-ring (bicyclic) bond motifs is 6. The van der Waals surface area contributed by atoms with Crippen molar-refractivity contribution in [2.75, 3.05) is 13.2 Å². The highest BCUT2D eigenvalue weighted by atomic mass is 32.1. The van der Waals surface area contributed by atoms with Gasteiger partial charge in [-0.25, -0.2) is 14.0 Å². The van der Waals surface area contributed by atoms with Crippen LogP contribution < -0.4 is 0 Å². The van der Waals surface area contributed by atoms with Gasteiger partial charge in [-0.15, -0.1) is 136 Å². The number of carbonyl (C=O) groups is 2. The second-order valence-corrected chi connectivity index (χ2v) is 45.8. The van der Waals surface area contributed by atoms with Crippen molar-refractivity contribution >= 4 is 208 Å². The van der Waals surface area contributed by atoms with Crippen molar-refractivity contribution in [3.8, 4) is 71.0 Å². The van der Waals surface area contributed by atoms with E-state index in [-0.39, 0.29) is 10.8 Å². The van der Waals surface area contributed by atoms with Gasteiger partial charge < -0.3 is 9.47 Å². The smallest absolute Gasteiger partial charge is 0.351 e. The average Bonchev–Trinajstić information content (AvgIpc) is 1.56. The van der Waals surface area contributed by atoms with Gasteiger partial charge in [-0.3, -0.25) is 0 Å². The number of benzene rings is 2. The first-order valence-electron chi connectivity index (χ1n) is 43.6. The molecule has 0 aliphatic carbocycles. The van der Waals surface area contributed by atoms with Crippen LogP contribution in [0.25, 0.3) is 132 Å². The van der Waals surface area contributed by atoms with E-state index < -0.39 is 11.8 Å². The van der Waals surface area contributed by atoms with E-state index in [1.807, 2.05) is 109 Å². The third kappa shape index (κ3) is 19.3. The molecule has 0 aliphatic rings. The number of thiophene rings is 12. The number of unbranched alkanes of at least 4 members (excludes halogenated alkanes) is 12. The fraction of sp³-hybridized carbons (Fsp3) is 0.490. The highest BCUT2D eigenvalue weighted by Gasteiger charge is 2.33. The number of rotatable bonds is 45. The van der Waals surface area contributed by atoms with Gasteiger partial charge in [-0.05, 0) is 155 Å². The van der Waals surface area contributed by atoms with Crippen molar-refractivity contribution in [3.05, 3.63) is 124 Å². The summed E-state index contributed by atoms with van der Waals surface area (Å²) in [4.78, 5) is 49.7. The van der Waals surface area contributed by atoms with Gasteiger partial charge in [0.2, 0.25) is 0 Å². The molecule has 612 valence electrons. The Labute approximate surface area is 732 Å². The van der Waals surface area contributed by atoms with Crippen molar-refractivity contribution in [3.63, 3.8) is 0 Å². The van der Waals surface area contributed by atoms with E-state index in [9.17, 15) is 9.59 Å². The van der Waals surface area contributed by atoms with Crippen LogP contribution in [0.2, 0.25) is 0 Å². The molecule has 4 atom stereocenters. The Bertz CT molecular complexity index is 5360. The Hall–Kier alpha value is -4.73. The van der Waals surface area contributed by atoms with Gasteiger partial charge in [-0.2, -0.15) is 0 Å². The van der Waals surface area contributed by atoms with Crippen LogP contribution in [0.4, 0.5) is 4.39 Å². The second kappa shape index (κ2) is 40.8. The summed E-state index contributed by atoms with van der Waals surface area (Å²) in [5.41, 5.74) is 5.24. The summed E-state index contributed by atoms with van der Waals surface area (Å²) in [6.45, 7) is 28.2. The van der Waals surface area contributed by atoms with Crippen LogP contribution in [-0.2, 0) is 35.2 Å². The Morgan fingerprint density at radius 1 is 0.330 bits per heavy atom. The molecule has 0 spiro atoms. The van der Waals surface area contributed by atoms with Crippen LogP contribution in [0.5, 0.6) is 0 Å². The molecule has 4 nitrogen and oxygen atoms in total. The van der Waals surface area contributed by atoms with Crippen LogP contribution in [0.3, 0.4) is 0 Å². The standard InChI is InChI=1S/C98H117FO4S12/c1-13-23-29-31-32-34-48-103-98(101)96-86(99)81-59(12)105-94(95(81)115-96)79-56-71-85(76-46-42-67(109-76)53-63(22-10)38-28-18-6)90-69(84(91(71)112-79)75-45-41-66(108-75)52-62(21-9)37-27-17-5)54-77(110-90)87-72-57-80(97(100)102-47-33-30-24-14-2)113-92(72)93(114-87)78-55-70-83(74-44-40-65(107-74)51-61(20-8)36-26-16-4)88-68(49-58(11)104-88)82(89(70)111-78)73-43-39-64(106-73)50-60(19-7)35-25-15-3/h39-46,49,54-57,60-63H,13-38,47-48,50-53H2,1-12H3. The highest BCUT2D eigenvalue weighted by Crippen LogP contribution is 2.61. The molecule has 2 aromatic carbocycles. The van der Waals surface area contributed by atoms with Crippen LogP contribution in [0.15, 0.2) is 78.9 Å². The molecule has 115 heavy (non-hydrogen) atoms. The maximum atomic E-state index is 17.1. The molecule has 0 bridgehead atoms. The van der Waals surface area contributed by atoms with Crippen LogP contribution in [0, 0.1) is 43.3 Å². The number of carbonyl (C=O) groups excluding carboxylic acids is 2. The zero-order valence-corrected chi connectivity index (χ0v) is 79.7. The van der Waals surface area contributed by atoms with Gasteiger partial charge in [0.1, 0.15) is 9.75 Å². The first-order valence-corrected chi connectivity index (χ1v) is 53.4. The predicted molar refractivity (Wildman–Crippen MR) is 520 cm³/mol. The summed E-state index contributed by atoms with van der Waals surface area (Å²) in [5.74, 6) is 1.32. The molecule has 14 aromatic rings. The van der Waals surface area contributed by atoms with Gasteiger partial charge in [0.15, 0.2) is 5.82 Å². The summed E-state index contributed by atoms with van der Waals surface area (Å²) in [7, 11) is 0. The summed E-state index contributed by atoms with van der Waals surface area (Å²) in [5, 5.41) is 6.79. The van der Waals surface area contributed by atoms with Gasteiger partial charge in [0.05, 0.1) is 37.2 Å². The molecule has 12 aromatic heterocycles. The maximum Gasteiger partial charge on any atom is 0.351 e. The zero-order valence-electron chi connectivity index (χ0n) is 69.9. The molecular formula is C98H117FO4S12. The molecule has 0 amide bonds. The lowest BCUT2D eigenvalue weighted by atomic mass is 9.95. The van der Waals surface area contributed by atoms with E-state index in [0.29, 0.717) is 47.1 Å². The van der Waals surface area contributed by atoms with E-state index in [1.165, 1.54) is 246 Å². The summed E-state index contributed by atoms with van der Waals surface area (Å²) >= 11 is 22.1. The molecule has 0 saturated carbocycles. The molecule has 0 saturated heterocycles. The Morgan fingerprint density at radius 2 is 0.696 bits per heavy atom. The van der Waals surface area contributed by atoms with Crippen LogP contribution >= 0.6 is 136 Å². The summed E-state index contributed by atoms with van der Waals surface area (Å²) in [6, 6.07) is 31.7. The fourth-order valence-electron chi connectivity index (χ4n) is 17.1. The van der Waals surface area contributed by atoms with Gasteiger partial charge in [-0.1, -0.05) is 223 Å². The van der Waals surface area contributed by atoms with E-state index in [1.54, 1.807) is 22.7 Å². The number of esters is 2. The van der Waals surface area contributed by atoms with Crippen molar-refractivity contribution < 1.29 is 23.5 Å². The quantitative estimate of drug-likeness (QED) is 0.0282. The summed E-state index contributed by atoms with van der Waals surface area (Å²) in [6.07, 6.45) is 34.5. The molecule has 12 heterocycles. The number of aryl methyl sites for hydroxylation is 2. The van der Waals surface area contributed by atoms with Crippen molar-refractivity contribution in [2.45, 2.75) is 276 Å². The van der Waals surface area contributed by atoms with Gasteiger partial charge in [0.25, 0.3) is 0 Å². The van der Waals surface area contributed by atoms with E-state index >= 15 is 4.39 Å². The SMILES string of the molecule is CCCCCCCCOC(=O)c1sc2c(-c3cc4c(-c5ccc(CC(CC)CCCC)s5)c5sc(-c6sc(-c7cc8c(-c9ccc(CC(CC)CCCC)s9)c9sc(C)cc9c(-c9ccc(CC(CC)CCCC)s9)c8s7)c7sc(C(=O)OCCCCCC)cc67)cc5c(-c5ccc(CC(CC)CCCC)s5)c4s3)sc(C)c2c1F. The Morgan fingerprint density at radius 3 is 1.11 bits per heavy atom. The average molecular weight is 1760 g/mol. The molecule has 0 N–H and O–H groups in total. The van der Waals surface area contributed by atoms with Crippen molar-refractivity contribution in [2.24, 2.45) is 23.7 Å². The monoisotopic (exact) mass is 1760 g/mol. The first-order chi connectivity index (χ1) is 56.1. The molecule has 4 unspecified atom stereocenters. The zero-order chi connectivity index (χ0) is 80.4. The van der Waals surface area contributed by atoms with E-state index in [0.717, 1.165) is 113 Å². The topological polar surface area (TPSA) is 52.6 Å². The molecule has 0 aliphatic heterocycles.